The van der Waals surface area contributed by atoms with Gasteiger partial charge >= 0.3 is 0 Å². The smallest absolute Gasteiger partial charge is 0.212 e. The molecule has 0 aliphatic heterocycles. The largest absolute Gasteiger partial charge is 0.441 e. The quantitative estimate of drug-likeness (QED) is 0.786. The molecule has 0 atom stereocenters. The van der Waals surface area contributed by atoms with E-state index in [0.29, 0.717) is 23.4 Å². The summed E-state index contributed by atoms with van der Waals surface area (Å²) in [6.45, 7) is 0. The predicted octanol–water partition coefficient (Wildman–Crippen LogP) is 0.153. The average Bonchev–Trinajstić information content (AvgIpc) is 2.51. The molecule has 1 amide bonds. The van der Waals surface area contributed by atoms with Crippen LogP contribution in [0.3, 0.4) is 0 Å². The van der Waals surface area contributed by atoms with Gasteiger partial charge in [-0.05, 0) is 17.9 Å². The van der Waals surface area contributed by atoms with Crippen LogP contribution >= 0.6 is 0 Å². The molecule has 0 aliphatic carbocycles. The molecule has 0 fully saturated rings. The number of fused-ring (bicyclic) bond motifs is 1. The van der Waals surface area contributed by atoms with Crippen molar-refractivity contribution in [2.75, 3.05) is 5.32 Å². The van der Waals surface area contributed by atoms with Crippen molar-refractivity contribution in [3.05, 3.63) is 18.5 Å². The fourth-order valence-corrected chi connectivity index (χ4v) is 0.917. The van der Waals surface area contributed by atoms with E-state index in [-0.39, 0.29) is 20.4 Å². The van der Waals surface area contributed by atoms with Crippen molar-refractivity contribution in [2.24, 2.45) is 0 Å². The van der Waals surface area contributed by atoms with Crippen LogP contribution in [-0.4, -0.2) is 16.4 Å². The number of nitrogens with zero attached hydrogens (tertiary/aromatic N) is 3. The zero-order valence-electron chi connectivity index (χ0n) is 6.44. The molecule has 2 aromatic heterocycles. The molecule has 13 heavy (non-hydrogen) atoms. The van der Waals surface area contributed by atoms with Gasteiger partial charge in [0, 0.05) is 20.4 Å². The Balaban J connectivity index is 0.000000845. The first-order chi connectivity index (χ1) is 5.90. The first-order valence-corrected chi connectivity index (χ1v) is 3.35. The van der Waals surface area contributed by atoms with Crippen molar-refractivity contribution in [3.8, 4) is 0 Å². The summed E-state index contributed by atoms with van der Waals surface area (Å²) in [5, 5.41) is 2.41. The van der Waals surface area contributed by atoms with E-state index in [9.17, 15) is 4.79 Å². The fourth-order valence-electron chi connectivity index (χ4n) is 0.917. The SMILES string of the molecule is O=CNc1cnc2[n-]ccc2n1.[Re]. The summed E-state index contributed by atoms with van der Waals surface area (Å²) in [7, 11) is 0. The summed E-state index contributed by atoms with van der Waals surface area (Å²) in [5.41, 5.74) is 1.27. The molecule has 0 spiro atoms. The number of amides is 1. The summed E-state index contributed by atoms with van der Waals surface area (Å²) in [5.74, 6) is 0.436. The van der Waals surface area contributed by atoms with Gasteiger partial charge in [0.25, 0.3) is 0 Å². The van der Waals surface area contributed by atoms with Gasteiger partial charge in [0.2, 0.25) is 6.41 Å². The van der Waals surface area contributed by atoms with Gasteiger partial charge in [-0.15, -0.1) is 0 Å². The van der Waals surface area contributed by atoms with Crippen LogP contribution in [0.15, 0.2) is 18.5 Å². The van der Waals surface area contributed by atoms with E-state index in [1.165, 1.54) is 6.20 Å². The van der Waals surface area contributed by atoms with E-state index in [4.69, 9.17) is 0 Å². The Kier molecular flexibility index (Phi) is 3.12. The summed E-state index contributed by atoms with van der Waals surface area (Å²) in [6, 6.07) is 1.73. The Morgan fingerprint density at radius 3 is 3.15 bits per heavy atom. The van der Waals surface area contributed by atoms with Gasteiger partial charge in [0.05, 0.1) is 5.52 Å². The molecule has 2 heterocycles. The van der Waals surface area contributed by atoms with E-state index in [1.54, 1.807) is 12.3 Å². The molecular weight excluding hydrogens is 342 g/mol. The van der Waals surface area contributed by atoms with E-state index in [0.717, 1.165) is 0 Å². The summed E-state index contributed by atoms with van der Waals surface area (Å²) in [4.78, 5) is 22.0. The van der Waals surface area contributed by atoms with Gasteiger partial charge in [-0.1, -0.05) is 6.20 Å². The van der Waals surface area contributed by atoms with Gasteiger partial charge in [-0.2, -0.15) is 0 Å². The normalized spacial score (nSPS) is 9.23. The number of hydrogen-bond donors (Lipinski definition) is 1. The second-order valence-electron chi connectivity index (χ2n) is 2.17. The van der Waals surface area contributed by atoms with Gasteiger partial charge in [0.1, 0.15) is 5.82 Å². The maximum atomic E-state index is 10.1. The fraction of sp³-hybridized carbons (Fsp3) is 0. The Hall–Kier alpha value is -1.25. The van der Waals surface area contributed by atoms with Crippen LogP contribution in [-0.2, 0) is 25.2 Å². The molecule has 0 unspecified atom stereocenters. The minimum atomic E-state index is 0. The number of aromatic nitrogens is 3. The van der Waals surface area contributed by atoms with Crippen molar-refractivity contribution in [1.82, 2.24) is 15.0 Å². The number of rotatable bonds is 2. The van der Waals surface area contributed by atoms with Crippen LogP contribution < -0.4 is 10.3 Å². The molecule has 2 aromatic rings. The molecule has 0 bridgehead atoms. The van der Waals surface area contributed by atoms with Crippen LogP contribution in [0.4, 0.5) is 5.82 Å². The van der Waals surface area contributed by atoms with Crippen LogP contribution in [0.25, 0.3) is 11.2 Å². The average molecular weight is 347 g/mol. The first-order valence-electron chi connectivity index (χ1n) is 3.35. The van der Waals surface area contributed by atoms with Gasteiger partial charge < -0.3 is 15.3 Å². The molecule has 6 heteroatoms. The molecule has 0 saturated carbocycles. The molecule has 2 rings (SSSR count). The summed E-state index contributed by atoms with van der Waals surface area (Å²) < 4.78 is 0. The number of carbonyl (C=O) groups excluding carboxylic acids is 1. The minimum Gasteiger partial charge on any atom is -0.441 e. The van der Waals surface area contributed by atoms with E-state index in [2.05, 4.69) is 20.3 Å². The standard InChI is InChI=1S/C7H6N4O.Re/c12-4-10-6-3-9-7-5(11-6)1-2-8-7;/h1-4H,(H2,8,9,10,11,12);/p-1. The molecule has 0 aromatic carbocycles. The van der Waals surface area contributed by atoms with Crippen molar-refractivity contribution in [3.63, 3.8) is 0 Å². The van der Waals surface area contributed by atoms with Crippen molar-refractivity contribution in [1.29, 1.82) is 0 Å². The Morgan fingerprint density at radius 2 is 2.38 bits per heavy atom. The van der Waals surface area contributed by atoms with Crippen molar-refractivity contribution >= 4 is 23.4 Å². The van der Waals surface area contributed by atoms with Crippen LogP contribution in [0.2, 0.25) is 0 Å². The number of hydrogen-bond acceptors (Lipinski definition) is 3. The molecular formula is C7H5N4ORe-. The maximum absolute atomic E-state index is 10.1. The van der Waals surface area contributed by atoms with Crippen LogP contribution in [0.1, 0.15) is 0 Å². The molecule has 0 saturated heterocycles. The predicted molar refractivity (Wildman–Crippen MR) is 42.5 cm³/mol. The van der Waals surface area contributed by atoms with E-state index in [1.807, 2.05) is 0 Å². The molecule has 0 aliphatic rings. The van der Waals surface area contributed by atoms with Crippen molar-refractivity contribution in [2.45, 2.75) is 0 Å². The van der Waals surface area contributed by atoms with Gasteiger partial charge in [0.15, 0.2) is 0 Å². The van der Waals surface area contributed by atoms with E-state index >= 15 is 0 Å². The van der Waals surface area contributed by atoms with Gasteiger partial charge in [-0.25, -0.2) is 4.98 Å². The Morgan fingerprint density at radius 1 is 1.54 bits per heavy atom. The second kappa shape index (κ2) is 4.12. The topological polar surface area (TPSA) is 69.0 Å². The Bertz CT molecular complexity index is 414. The van der Waals surface area contributed by atoms with Gasteiger partial charge in [-0.3, -0.25) is 4.79 Å². The monoisotopic (exact) mass is 348 g/mol. The number of carbonyl (C=O) groups is 1. The maximum Gasteiger partial charge on any atom is 0.212 e. The molecule has 67 valence electrons. The second-order valence-corrected chi connectivity index (χ2v) is 2.17. The Labute approximate surface area is 87.6 Å². The number of nitrogens with one attached hydrogen (secondary N) is 1. The number of anilines is 1. The van der Waals surface area contributed by atoms with Crippen LogP contribution in [0, 0.1) is 0 Å². The third kappa shape index (κ3) is 1.91. The molecule has 5 nitrogen and oxygen atoms in total. The van der Waals surface area contributed by atoms with Crippen molar-refractivity contribution < 1.29 is 25.2 Å². The molecule has 1 radical (unpaired) electrons. The third-order valence-electron chi connectivity index (χ3n) is 1.42. The first kappa shape index (κ1) is 9.84. The van der Waals surface area contributed by atoms with Crippen LogP contribution in [0.5, 0.6) is 0 Å². The van der Waals surface area contributed by atoms with E-state index < -0.39 is 0 Å². The summed E-state index contributed by atoms with van der Waals surface area (Å²) in [6.07, 6.45) is 3.64. The zero-order chi connectivity index (χ0) is 8.39. The minimum absolute atomic E-state index is 0. The molecule has 1 N–H and O–H groups in total. The third-order valence-corrected chi connectivity index (χ3v) is 1.42. The summed E-state index contributed by atoms with van der Waals surface area (Å²) >= 11 is 0. The zero-order valence-corrected chi connectivity index (χ0v) is 9.15.